The number of nitrogens with one attached hydrogen (secondary N) is 3. The van der Waals surface area contributed by atoms with E-state index in [9.17, 15) is 29.1 Å². The number of fused-ring (bicyclic) bond motifs is 2. The fourth-order valence-corrected chi connectivity index (χ4v) is 9.83. The van der Waals surface area contributed by atoms with Gasteiger partial charge in [-0.25, -0.2) is 14.4 Å². The van der Waals surface area contributed by atoms with Gasteiger partial charge in [0.25, 0.3) is 17.0 Å². The number of nitrogens with zero attached hydrogens (tertiary/aromatic N) is 7. The molecule has 3 amide bonds. The lowest BCUT2D eigenvalue weighted by Crippen LogP contribution is -2.52. The van der Waals surface area contributed by atoms with Crippen molar-refractivity contribution >= 4 is 51.5 Å². The summed E-state index contributed by atoms with van der Waals surface area (Å²) in [4.78, 5) is 80.1. The Bertz CT molecular complexity index is 3070. The molecule has 1 atom stereocenters. The molecule has 3 aromatic carbocycles. The average molecular weight is 921 g/mol. The van der Waals surface area contributed by atoms with Crippen LogP contribution in [0.15, 0.2) is 94.9 Å². The Morgan fingerprint density at radius 1 is 0.882 bits per heavy atom. The number of piperidine rings is 1. The Kier molecular flexibility index (Phi) is 12.3. The Hall–Kier alpha value is -7.24. The van der Waals surface area contributed by atoms with Crippen LogP contribution < -0.4 is 32.0 Å². The van der Waals surface area contributed by atoms with Gasteiger partial charge in [0.15, 0.2) is 5.82 Å². The van der Waals surface area contributed by atoms with E-state index in [2.05, 4.69) is 35.7 Å². The van der Waals surface area contributed by atoms with Crippen molar-refractivity contribution in [3.8, 4) is 16.9 Å². The first-order valence-electron chi connectivity index (χ1n) is 23.4. The lowest BCUT2D eigenvalue weighted by atomic mass is 10.0. The molecule has 4 N–H and O–H groups in total. The molecule has 3 fully saturated rings. The number of unbranched alkanes of at least 4 members (excludes halogenated alkanes) is 2. The standard InChI is InChI=1S/C51H53FN10O6/c1-58-29-41(35-7-6-10-42(38(35)30-63)61-20-17-32-25-33(31-11-12-31)26-39(52)46(32)50(61)67)55-47(51(58)68)56-44-15-13-34(27-54-44)60-23-21-59(22-24-60)19-4-2-3-18-53-40-9-5-8-36-37(40)28-62(49(36)66)43-14-16-45(64)57-48(43)65/h5-10,13,15,17,20,25-27,29,31,43,53,63H,2-4,11-12,14,16,18-19,21-24,28,30H2,1H3,(H,54,55,56)(H,57,64,65). The molecule has 2 saturated heterocycles. The molecule has 0 bridgehead atoms. The molecule has 6 aromatic rings. The normalized spacial score (nSPS) is 17.5. The molecule has 3 aliphatic heterocycles. The van der Waals surface area contributed by atoms with Gasteiger partial charge in [0.2, 0.25) is 11.8 Å². The van der Waals surface area contributed by atoms with Gasteiger partial charge in [-0.15, -0.1) is 0 Å². The van der Waals surface area contributed by atoms with Crippen LogP contribution in [0.4, 0.5) is 27.4 Å². The van der Waals surface area contributed by atoms with Crippen LogP contribution >= 0.6 is 0 Å². The first-order valence-corrected chi connectivity index (χ1v) is 23.4. The highest BCUT2D eigenvalue weighted by Gasteiger charge is 2.40. The van der Waals surface area contributed by atoms with Gasteiger partial charge < -0.3 is 30.1 Å². The van der Waals surface area contributed by atoms with E-state index in [1.165, 1.54) is 15.2 Å². The van der Waals surface area contributed by atoms with Gasteiger partial charge in [-0.3, -0.25) is 38.8 Å². The zero-order valence-corrected chi connectivity index (χ0v) is 37.8. The number of amides is 3. The van der Waals surface area contributed by atoms with Gasteiger partial charge in [-0.1, -0.05) is 30.7 Å². The summed E-state index contributed by atoms with van der Waals surface area (Å²) in [6, 6.07) is 19.0. The maximum atomic E-state index is 15.4. The predicted octanol–water partition coefficient (Wildman–Crippen LogP) is 5.56. The second kappa shape index (κ2) is 18.8. The van der Waals surface area contributed by atoms with Gasteiger partial charge in [0.05, 0.1) is 35.3 Å². The van der Waals surface area contributed by atoms with E-state index >= 15 is 4.39 Å². The molecule has 350 valence electrons. The number of aromatic nitrogens is 4. The zero-order chi connectivity index (χ0) is 47.1. The summed E-state index contributed by atoms with van der Waals surface area (Å²) < 4.78 is 18.1. The number of pyridine rings is 2. The van der Waals surface area contributed by atoms with Gasteiger partial charge in [-0.2, -0.15) is 0 Å². The Morgan fingerprint density at radius 3 is 2.46 bits per heavy atom. The third-order valence-corrected chi connectivity index (χ3v) is 13.7. The second-order valence-corrected chi connectivity index (χ2v) is 18.2. The lowest BCUT2D eigenvalue weighted by Gasteiger charge is -2.36. The van der Waals surface area contributed by atoms with Crippen molar-refractivity contribution < 1.29 is 23.9 Å². The summed E-state index contributed by atoms with van der Waals surface area (Å²) in [5, 5.41) is 20.2. The highest BCUT2D eigenvalue weighted by atomic mass is 19.1. The molecule has 1 saturated carbocycles. The monoisotopic (exact) mass is 920 g/mol. The third-order valence-electron chi connectivity index (χ3n) is 13.7. The molecule has 68 heavy (non-hydrogen) atoms. The van der Waals surface area contributed by atoms with Crippen molar-refractivity contribution in [2.45, 2.75) is 70.1 Å². The minimum atomic E-state index is -0.635. The van der Waals surface area contributed by atoms with Crippen LogP contribution in [0.25, 0.3) is 27.7 Å². The number of imide groups is 1. The van der Waals surface area contributed by atoms with Gasteiger partial charge in [0.1, 0.15) is 17.7 Å². The van der Waals surface area contributed by atoms with Crippen molar-refractivity contribution in [1.82, 2.24) is 34.2 Å². The van der Waals surface area contributed by atoms with Crippen molar-refractivity contribution in [1.29, 1.82) is 0 Å². The second-order valence-electron chi connectivity index (χ2n) is 18.2. The summed E-state index contributed by atoms with van der Waals surface area (Å²) in [6.45, 7) is 5.21. The molecule has 10 rings (SSSR count). The van der Waals surface area contributed by atoms with E-state index in [0.29, 0.717) is 58.2 Å². The third kappa shape index (κ3) is 8.86. The van der Waals surface area contributed by atoms with Crippen molar-refractivity contribution in [2.24, 2.45) is 7.05 Å². The van der Waals surface area contributed by atoms with Crippen LogP contribution in [0.5, 0.6) is 0 Å². The molecule has 0 spiro atoms. The number of carbonyl (C=O) groups excluding carboxylic acids is 3. The number of piperazine rings is 1. The van der Waals surface area contributed by atoms with Gasteiger partial charge in [-0.05, 0) is 98.0 Å². The zero-order valence-electron chi connectivity index (χ0n) is 37.8. The number of aryl methyl sites for hydroxylation is 1. The van der Waals surface area contributed by atoms with E-state index in [4.69, 9.17) is 0 Å². The largest absolute Gasteiger partial charge is 0.392 e. The van der Waals surface area contributed by atoms with Crippen LogP contribution in [-0.2, 0) is 29.8 Å². The van der Waals surface area contributed by atoms with E-state index in [0.717, 1.165) is 93.9 Å². The highest BCUT2D eigenvalue weighted by molar-refractivity contribution is 6.06. The molecule has 3 aromatic heterocycles. The predicted molar refractivity (Wildman–Crippen MR) is 257 cm³/mol. The molecule has 16 nitrogen and oxygen atoms in total. The van der Waals surface area contributed by atoms with Crippen molar-refractivity contribution in [2.75, 3.05) is 54.8 Å². The molecule has 0 radical (unpaired) electrons. The fourth-order valence-electron chi connectivity index (χ4n) is 9.83. The molecule has 6 heterocycles. The summed E-state index contributed by atoms with van der Waals surface area (Å²) >= 11 is 0. The number of hydrogen-bond acceptors (Lipinski definition) is 12. The molecular weight excluding hydrogens is 868 g/mol. The lowest BCUT2D eigenvalue weighted by molar-refractivity contribution is -0.136. The van der Waals surface area contributed by atoms with Gasteiger partial charge >= 0.3 is 0 Å². The average Bonchev–Trinajstić information content (AvgIpc) is 4.15. The Labute approximate surface area is 391 Å². The van der Waals surface area contributed by atoms with Gasteiger partial charge in [0, 0.05) is 93.1 Å². The summed E-state index contributed by atoms with van der Waals surface area (Å²) in [5.74, 6) is -0.628. The number of halogens is 1. The number of hydrogen-bond donors (Lipinski definition) is 4. The molecule has 4 aliphatic rings. The number of aliphatic hydroxyl groups excluding tert-OH is 1. The minimum Gasteiger partial charge on any atom is -0.392 e. The SMILES string of the molecule is Cn1cc(-c2cccc(-n3ccc4cc(C5CC5)cc(F)c4c3=O)c2CO)nc(Nc2ccc(N3CCN(CCCCCNc4cccc5c4CN(C4CCC(=O)NC4=O)C5=O)CC3)cn2)c1=O. The van der Waals surface area contributed by atoms with Crippen LogP contribution in [0.2, 0.25) is 0 Å². The number of rotatable bonds is 15. The number of carbonyl (C=O) groups is 3. The van der Waals surface area contributed by atoms with Crippen LogP contribution in [0.1, 0.15) is 77.9 Å². The topological polar surface area (TPSA) is 187 Å². The number of aliphatic hydroxyl groups is 1. The summed E-state index contributed by atoms with van der Waals surface area (Å²) in [7, 11) is 1.62. The van der Waals surface area contributed by atoms with Crippen molar-refractivity contribution in [3.05, 3.63) is 134 Å². The Morgan fingerprint density at radius 2 is 1.69 bits per heavy atom. The van der Waals surface area contributed by atoms with E-state index in [1.54, 1.807) is 60.9 Å². The highest BCUT2D eigenvalue weighted by Crippen LogP contribution is 2.41. The summed E-state index contributed by atoms with van der Waals surface area (Å²) in [5.41, 5.74) is 5.05. The number of benzene rings is 3. The molecule has 17 heteroatoms. The molecular formula is C51H53FN10O6. The minimum absolute atomic E-state index is 0.00870. The van der Waals surface area contributed by atoms with Crippen LogP contribution in [-0.4, -0.2) is 97.0 Å². The number of anilines is 4. The first kappa shape index (κ1) is 44.6. The van der Waals surface area contributed by atoms with E-state index in [1.807, 2.05) is 30.3 Å². The van der Waals surface area contributed by atoms with Crippen molar-refractivity contribution in [3.63, 3.8) is 0 Å². The smallest absolute Gasteiger partial charge is 0.293 e. The Balaban J connectivity index is 0.718. The maximum Gasteiger partial charge on any atom is 0.293 e. The fraction of sp³-hybridized carbons (Fsp3) is 0.353. The molecule has 1 unspecified atom stereocenters. The quantitative estimate of drug-likeness (QED) is 0.0743. The van der Waals surface area contributed by atoms with E-state index in [-0.39, 0.29) is 35.0 Å². The van der Waals surface area contributed by atoms with E-state index < -0.39 is 29.9 Å². The van der Waals surface area contributed by atoms with Crippen LogP contribution in [0, 0.1) is 5.82 Å². The molecule has 1 aliphatic carbocycles. The summed E-state index contributed by atoms with van der Waals surface area (Å²) in [6.07, 6.45) is 10.6. The maximum absolute atomic E-state index is 15.4. The first-order chi connectivity index (χ1) is 33.0. The van der Waals surface area contributed by atoms with Crippen LogP contribution in [0.3, 0.4) is 0 Å².